The first kappa shape index (κ1) is 40.4. The molecular formula is C29H56N4O9. The van der Waals surface area contributed by atoms with Crippen molar-refractivity contribution < 1.29 is 43.4 Å². The summed E-state index contributed by atoms with van der Waals surface area (Å²) in [6.45, 7) is 12.8. The van der Waals surface area contributed by atoms with Gasteiger partial charge in [0.05, 0.1) is 24.2 Å². The molecule has 4 unspecified atom stereocenters. The highest BCUT2D eigenvalue weighted by atomic mass is 16.8. The summed E-state index contributed by atoms with van der Waals surface area (Å²) in [5, 5.41) is 9.63. The van der Waals surface area contributed by atoms with E-state index in [0.717, 1.165) is 0 Å². The molecule has 0 bridgehead atoms. The first-order valence-corrected chi connectivity index (χ1v) is 14.7. The lowest BCUT2D eigenvalue weighted by Crippen LogP contribution is -2.30. The Morgan fingerprint density at radius 2 is 0.929 bits per heavy atom. The molecule has 0 spiro atoms. The predicted octanol–water partition coefficient (Wildman–Crippen LogP) is 2.93. The molecule has 0 aliphatic carbocycles. The zero-order valence-electron chi connectivity index (χ0n) is 26.1. The Kier molecular flexibility index (Phi) is 31.2. The number of nitrogens with one attached hydrogen (secondary N) is 4. The van der Waals surface area contributed by atoms with Gasteiger partial charge in [0.2, 0.25) is 0 Å². The van der Waals surface area contributed by atoms with E-state index in [-0.39, 0.29) is 45.3 Å². The van der Waals surface area contributed by atoms with Crippen molar-refractivity contribution in [3.8, 4) is 0 Å². The van der Waals surface area contributed by atoms with Gasteiger partial charge in [-0.1, -0.05) is 48.6 Å². The van der Waals surface area contributed by atoms with Crippen LogP contribution in [0, 0.1) is 0 Å². The number of ether oxygens (including phenoxy) is 4. The molecule has 0 aromatic carbocycles. The molecule has 0 saturated carbocycles. The van der Waals surface area contributed by atoms with E-state index in [4.69, 9.17) is 38.3 Å². The monoisotopic (exact) mass is 604 g/mol. The summed E-state index contributed by atoms with van der Waals surface area (Å²) in [5.41, 5.74) is 11.8. The molecule has 0 aliphatic heterocycles. The maximum absolute atomic E-state index is 9.63. The maximum Gasteiger partial charge on any atom is 0.166 e. The molecule has 0 fully saturated rings. The quantitative estimate of drug-likeness (QED) is 0.0343. The Bertz CT molecular complexity index is 681. The third-order valence-electron chi connectivity index (χ3n) is 5.09. The molecule has 13 heteroatoms. The second-order valence-electron chi connectivity index (χ2n) is 8.70. The minimum absolute atomic E-state index is 0.0818. The van der Waals surface area contributed by atoms with Crippen LogP contribution in [0.3, 0.4) is 0 Å². The van der Waals surface area contributed by atoms with E-state index < -0.39 is 6.10 Å². The maximum atomic E-state index is 9.63. The number of aliphatic hydroxyl groups excluding tert-OH is 1. The summed E-state index contributed by atoms with van der Waals surface area (Å²) in [5.74, 6) is 0. The summed E-state index contributed by atoms with van der Waals surface area (Å²) in [6.07, 6.45) is 17.1. The SMILES string of the molecule is CCOCONC/C=C\CC(/C=C\CC(/C=C\CC(/C=C\C(C)O)NOCOCC)NOCOCC)NOCOCC. The van der Waals surface area contributed by atoms with Gasteiger partial charge in [-0.2, -0.15) is 21.9 Å². The van der Waals surface area contributed by atoms with Crippen molar-refractivity contribution in [2.75, 3.05) is 60.1 Å². The van der Waals surface area contributed by atoms with Crippen LogP contribution in [0.2, 0.25) is 0 Å². The van der Waals surface area contributed by atoms with Crippen LogP contribution in [-0.4, -0.2) is 89.5 Å². The average Bonchev–Trinajstić information content (AvgIpc) is 2.98. The van der Waals surface area contributed by atoms with Gasteiger partial charge in [-0.25, -0.2) is 0 Å². The molecule has 13 nitrogen and oxygen atoms in total. The van der Waals surface area contributed by atoms with Crippen LogP contribution < -0.4 is 21.9 Å². The number of aliphatic hydroxyl groups is 1. The van der Waals surface area contributed by atoms with E-state index in [2.05, 4.69) is 28.0 Å². The topological polar surface area (TPSA) is 142 Å². The molecule has 4 atom stereocenters. The molecule has 0 amide bonds. The molecule has 42 heavy (non-hydrogen) atoms. The van der Waals surface area contributed by atoms with E-state index in [9.17, 15) is 5.11 Å². The summed E-state index contributed by atoms with van der Waals surface area (Å²) < 4.78 is 20.9. The molecule has 0 aromatic heterocycles. The molecule has 0 heterocycles. The molecule has 0 aromatic rings. The van der Waals surface area contributed by atoms with E-state index in [1.807, 2.05) is 64.2 Å². The van der Waals surface area contributed by atoms with Crippen LogP contribution in [0.1, 0.15) is 53.9 Å². The van der Waals surface area contributed by atoms with Crippen LogP contribution in [0.4, 0.5) is 0 Å². The number of rotatable bonds is 31. The third kappa shape index (κ3) is 28.6. The van der Waals surface area contributed by atoms with Crippen molar-refractivity contribution in [3.63, 3.8) is 0 Å². The van der Waals surface area contributed by atoms with Gasteiger partial charge in [0, 0.05) is 33.0 Å². The zero-order valence-corrected chi connectivity index (χ0v) is 26.1. The summed E-state index contributed by atoms with van der Waals surface area (Å²) in [7, 11) is 0. The van der Waals surface area contributed by atoms with Gasteiger partial charge in [-0.05, 0) is 53.9 Å². The van der Waals surface area contributed by atoms with E-state index in [0.29, 0.717) is 52.2 Å². The van der Waals surface area contributed by atoms with Crippen LogP contribution in [-0.2, 0) is 38.3 Å². The lowest BCUT2D eigenvalue weighted by atomic mass is 10.1. The second-order valence-corrected chi connectivity index (χ2v) is 8.70. The van der Waals surface area contributed by atoms with Gasteiger partial charge in [0.25, 0.3) is 0 Å². The Morgan fingerprint density at radius 3 is 1.36 bits per heavy atom. The second kappa shape index (κ2) is 32.4. The lowest BCUT2D eigenvalue weighted by Gasteiger charge is -2.16. The fraction of sp³-hybridized carbons (Fsp3) is 0.724. The van der Waals surface area contributed by atoms with E-state index >= 15 is 0 Å². The van der Waals surface area contributed by atoms with Crippen molar-refractivity contribution in [1.82, 2.24) is 21.9 Å². The largest absolute Gasteiger partial charge is 0.389 e. The summed E-state index contributed by atoms with van der Waals surface area (Å²) >= 11 is 0. The van der Waals surface area contributed by atoms with Crippen molar-refractivity contribution in [2.45, 2.75) is 78.1 Å². The average molecular weight is 605 g/mol. The minimum Gasteiger partial charge on any atom is -0.389 e. The molecule has 0 rings (SSSR count). The van der Waals surface area contributed by atoms with Crippen LogP contribution in [0.25, 0.3) is 0 Å². The molecule has 5 N–H and O–H groups in total. The van der Waals surface area contributed by atoms with Crippen LogP contribution >= 0.6 is 0 Å². The van der Waals surface area contributed by atoms with Gasteiger partial charge in [0.15, 0.2) is 27.2 Å². The van der Waals surface area contributed by atoms with Gasteiger partial charge < -0.3 is 24.1 Å². The van der Waals surface area contributed by atoms with Gasteiger partial charge in [-0.15, -0.1) is 0 Å². The summed E-state index contributed by atoms with van der Waals surface area (Å²) in [6, 6.07) is -0.361. The molecular weight excluding hydrogens is 548 g/mol. The number of hydrogen-bond acceptors (Lipinski definition) is 13. The van der Waals surface area contributed by atoms with Crippen molar-refractivity contribution in [2.24, 2.45) is 0 Å². The first-order chi connectivity index (χ1) is 20.6. The highest BCUT2D eigenvalue weighted by molar-refractivity contribution is 5.04. The van der Waals surface area contributed by atoms with Gasteiger partial charge in [-0.3, -0.25) is 19.4 Å². The lowest BCUT2D eigenvalue weighted by molar-refractivity contribution is -0.103. The van der Waals surface area contributed by atoms with Crippen molar-refractivity contribution in [3.05, 3.63) is 48.6 Å². The summed E-state index contributed by atoms with van der Waals surface area (Å²) in [4.78, 5) is 21.5. The van der Waals surface area contributed by atoms with Crippen LogP contribution in [0.5, 0.6) is 0 Å². The normalized spacial score (nSPS) is 15.5. The highest BCUT2D eigenvalue weighted by Gasteiger charge is 2.07. The number of hydrogen-bond donors (Lipinski definition) is 5. The number of hydroxylamine groups is 4. The van der Waals surface area contributed by atoms with Crippen molar-refractivity contribution >= 4 is 0 Å². The Balaban J connectivity index is 5.12. The minimum atomic E-state index is -0.560. The standard InChI is InChI=1S/C29H56N4O9/c1-6-35-22-39-30-21-11-10-14-27(31-40-23-36-7-2)15-12-16-28(32-41-24-37-8-3)17-13-18-29(20-19-26(5)34)33-42-25-38-9-4/h10-13,15,17,19-20,26-34H,6-9,14,16,18,21-25H2,1-5H3/b11-10-,15-12-,17-13-,20-19-. The highest BCUT2D eigenvalue weighted by Crippen LogP contribution is 2.05. The Hall–Kier alpha value is -1.56. The van der Waals surface area contributed by atoms with Crippen molar-refractivity contribution in [1.29, 1.82) is 0 Å². The Labute approximate surface area is 252 Å². The van der Waals surface area contributed by atoms with Gasteiger partial charge in [0.1, 0.15) is 0 Å². The smallest absolute Gasteiger partial charge is 0.166 e. The molecule has 0 aliphatic rings. The van der Waals surface area contributed by atoms with Gasteiger partial charge >= 0.3 is 0 Å². The predicted molar refractivity (Wildman–Crippen MR) is 161 cm³/mol. The fourth-order valence-electron chi connectivity index (χ4n) is 2.97. The Morgan fingerprint density at radius 1 is 0.524 bits per heavy atom. The van der Waals surface area contributed by atoms with E-state index in [1.54, 1.807) is 13.0 Å². The third-order valence-corrected chi connectivity index (χ3v) is 5.09. The molecule has 246 valence electrons. The fourth-order valence-corrected chi connectivity index (χ4v) is 2.97. The zero-order chi connectivity index (χ0) is 30.9. The molecule has 0 radical (unpaired) electrons. The first-order valence-electron chi connectivity index (χ1n) is 14.7. The van der Waals surface area contributed by atoms with E-state index in [1.165, 1.54) is 0 Å². The van der Waals surface area contributed by atoms with Crippen LogP contribution in [0.15, 0.2) is 48.6 Å². The molecule has 0 saturated heterocycles.